The van der Waals surface area contributed by atoms with E-state index in [-0.39, 0.29) is 26.1 Å². The highest BCUT2D eigenvalue weighted by atomic mass is 16.7. The molecular weight excluding hydrogens is 937 g/mol. The van der Waals surface area contributed by atoms with Gasteiger partial charge in [-0.25, -0.2) is 0 Å². The third-order valence-electron chi connectivity index (χ3n) is 13.7. The first kappa shape index (κ1) is 66.6. The molecule has 2 heterocycles. The largest absolute Gasteiger partial charge is 0.462 e. The monoisotopic (exact) mass is 1040 g/mol. The molecule has 7 N–H and O–H groups in total. The van der Waals surface area contributed by atoms with Crippen LogP contribution in [-0.4, -0.2) is 142 Å². The summed E-state index contributed by atoms with van der Waals surface area (Å²) in [4.78, 5) is 25.9. The molecule has 0 radical (unpaired) electrons. The van der Waals surface area contributed by atoms with Crippen molar-refractivity contribution in [2.45, 2.75) is 280 Å². The highest BCUT2D eigenvalue weighted by molar-refractivity contribution is 5.70. The Bertz CT molecular complexity index is 1450. The lowest BCUT2D eigenvalue weighted by Gasteiger charge is -2.42. The van der Waals surface area contributed by atoms with Crippen molar-refractivity contribution >= 4 is 11.9 Å². The molecule has 0 aliphatic carbocycles. The first-order valence-corrected chi connectivity index (χ1v) is 28.8. The highest BCUT2D eigenvalue weighted by Crippen LogP contribution is 2.27. The number of esters is 2. The van der Waals surface area contributed by atoms with E-state index in [0.717, 1.165) is 57.8 Å². The molecule has 2 aliphatic heterocycles. The Hall–Kier alpha value is -2.54. The van der Waals surface area contributed by atoms with Crippen LogP contribution in [0.3, 0.4) is 0 Å². The van der Waals surface area contributed by atoms with Crippen molar-refractivity contribution in [1.29, 1.82) is 0 Å². The van der Waals surface area contributed by atoms with Crippen molar-refractivity contribution in [3.05, 3.63) is 48.6 Å². The topological polar surface area (TPSA) is 231 Å². The van der Waals surface area contributed by atoms with E-state index in [4.69, 9.17) is 28.4 Å². The van der Waals surface area contributed by atoms with Crippen molar-refractivity contribution in [2.24, 2.45) is 0 Å². The van der Waals surface area contributed by atoms with Gasteiger partial charge >= 0.3 is 11.9 Å². The number of carbonyl (C=O) groups excluding carboxylic acids is 2. The Morgan fingerprint density at radius 1 is 0.452 bits per heavy atom. The maximum absolute atomic E-state index is 13.1. The Kier molecular flexibility index (Phi) is 40.6. The van der Waals surface area contributed by atoms with Crippen molar-refractivity contribution in [3.8, 4) is 0 Å². The fraction of sp³-hybridized carbons (Fsp3) is 0.828. The van der Waals surface area contributed by atoms with Crippen LogP contribution >= 0.6 is 0 Å². The van der Waals surface area contributed by atoms with Gasteiger partial charge in [0.05, 0.1) is 19.8 Å². The number of aliphatic hydroxyl groups is 7. The molecule has 0 saturated carbocycles. The number of hydrogen-bond acceptors (Lipinski definition) is 15. The molecule has 0 bridgehead atoms. The molecule has 73 heavy (non-hydrogen) atoms. The minimum atomic E-state index is -1.77. The number of allylic oxidation sites excluding steroid dienone is 8. The summed E-state index contributed by atoms with van der Waals surface area (Å²) < 4.78 is 33.7. The molecule has 2 aliphatic rings. The molecule has 15 nitrogen and oxygen atoms in total. The Balaban J connectivity index is 1.75. The predicted octanol–water partition coefficient (Wildman–Crippen LogP) is 9.44. The van der Waals surface area contributed by atoms with E-state index in [1.54, 1.807) is 0 Å². The lowest BCUT2D eigenvalue weighted by molar-refractivity contribution is -0.332. The fourth-order valence-corrected chi connectivity index (χ4v) is 8.99. The van der Waals surface area contributed by atoms with E-state index >= 15 is 0 Å². The number of carbonyl (C=O) groups is 2. The predicted molar refractivity (Wildman–Crippen MR) is 284 cm³/mol. The summed E-state index contributed by atoms with van der Waals surface area (Å²) in [7, 11) is 0. The van der Waals surface area contributed by atoms with Crippen LogP contribution in [0.2, 0.25) is 0 Å². The second kappa shape index (κ2) is 44.6. The van der Waals surface area contributed by atoms with Crippen LogP contribution in [-0.2, 0) is 38.0 Å². The molecule has 2 rings (SSSR count). The third kappa shape index (κ3) is 32.0. The number of hydrogen-bond donors (Lipinski definition) is 7. The fourth-order valence-electron chi connectivity index (χ4n) is 8.99. The molecule has 424 valence electrons. The number of unbranched alkanes of at least 4 members (excludes halogenated alkanes) is 26. The molecule has 4 unspecified atom stereocenters. The molecule has 2 fully saturated rings. The molecule has 0 amide bonds. The van der Waals surface area contributed by atoms with Crippen LogP contribution in [0, 0.1) is 0 Å². The van der Waals surface area contributed by atoms with Gasteiger partial charge in [0.15, 0.2) is 18.7 Å². The van der Waals surface area contributed by atoms with E-state index in [2.05, 4.69) is 26.0 Å². The molecule has 2 saturated heterocycles. The minimum absolute atomic E-state index is 0.162. The van der Waals surface area contributed by atoms with Crippen molar-refractivity contribution in [3.63, 3.8) is 0 Å². The number of aliphatic hydroxyl groups excluding tert-OH is 7. The van der Waals surface area contributed by atoms with E-state index < -0.39 is 92.7 Å². The van der Waals surface area contributed by atoms with Crippen LogP contribution in [0.1, 0.15) is 213 Å². The SMILES string of the molecule is CC/C=C/C=C/C=C/C=C/CCCCCCCC(=O)OC[C@H](CO[C@H]1O[C@@H](CO[C@H]2O[C@@H](CO)[C@@H](O)C(O)C2O)[C@@H](O)C(O)C1O)OC(=O)CCCCCCCCCCCCCCCCCCCCCCCC. The first-order chi connectivity index (χ1) is 35.5. The molecule has 0 aromatic rings. The third-order valence-corrected chi connectivity index (χ3v) is 13.7. The van der Waals surface area contributed by atoms with Gasteiger partial charge in [-0.15, -0.1) is 0 Å². The second-order valence-corrected chi connectivity index (χ2v) is 20.2. The van der Waals surface area contributed by atoms with Gasteiger partial charge in [-0.3, -0.25) is 9.59 Å². The van der Waals surface area contributed by atoms with Gasteiger partial charge in [0.25, 0.3) is 0 Å². The maximum atomic E-state index is 13.1. The average molecular weight is 1040 g/mol. The quantitative estimate of drug-likeness (QED) is 0.0171. The van der Waals surface area contributed by atoms with Gasteiger partial charge < -0.3 is 64.2 Å². The summed E-state index contributed by atoms with van der Waals surface area (Å²) >= 11 is 0. The summed E-state index contributed by atoms with van der Waals surface area (Å²) in [6.07, 6.45) is 34.2. The maximum Gasteiger partial charge on any atom is 0.306 e. The van der Waals surface area contributed by atoms with Crippen LogP contribution in [0.15, 0.2) is 48.6 Å². The van der Waals surface area contributed by atoms with Crippen LogP contribution in [0.4, 0.5) is 0 Å². The second-order valence-electron chi connectivity index (χ2n) is 20.2. The summed E-state index contributed by atoms with van der Waals surface area (Å²) in [5, 5.41) is 72.2. The van der Waals surface area contributed by atoms with Gasteiger partial charge in [-0.05, 0) is 32.1 Å². The smallest absolute Gasteiger partial charge is 0.306 e. The average Bonchev–Trinajstić information content (AvgIpc) is 3.38. The zero-order chi connectivity index (χ0) is 53.2. The summed E-state index contributed by atoms with van der Waals surface area (Å²) in [6, 6.07) is 0. The van der Waals surface area contributed by atoms with Gasteiger partial charge in [0, 0.05) is 12.8 Å². The number of ether oxygens (including phenoxy) is 6. The Labute approximate surface area is 439 Å². The van der Waals surface area contributed by atoms with Crippen LogP contribution in [0.5, 0.6) is 0 Å². The van der Waals surface area contributed by atoms with Crippen LogP contribution < -0.4 is 0 Å². The highest BCUT2D eigenvalue weighted by Gasteiger charge is 2.47. The lowest BCUT2D eigenvalue weighted by atomic mass is 9.98. The standard InChI is InChI=1S/C58H102O15/c1-3-5-7-9-11-13-15-17-19-20-21-22-23-24-25-27-29-31-33-35-37-39-41-50(61)71-46(43-68-49(60)40-38-36-34-32-30-28-26-18-16-14-12-10-8-6-4-2)44-69-57-56(67)54(65)52(63)48(73-57)45-70-58-55(66)53(64)51(62)47(42-59)72-58/h6,8,10,12,14,16,18,26,46-48,51-59,62-67H,3-5,7,9,11,13,15,17,19-25,27-45H2,1-2H3/b8-6+,12-10+,16-14+,26-18+/t46-,47+,48+,51-,52-,53?,54?,55?,56?,57+,58+/m1/s1. The Morgan fingerprint density at radius 2 is 0.863 bits per heavy atom. The van der Waals surface area contributed by atoms with Crippen molar-refractivity contribution in [1.82, 2.24) is 0 Å². The van der Waals surface area contributed by atoms with E-state index in [0.29, 0.717) is 12.8 Å². The van der Waals surface area contributed by atoms with Crippen molar-refractivity contribution < 1.29 is 73.8 Å². The van der Waals surface area contributed by atoms with E-state index in [1.807, 2.05) is 36.5 Å². The van der Waals surface area contributed by atoms with E-state index in [9.17, 15) is 45.3 Å². The molecule has 0 spiro atoms. The van der Waals surface area contributed by atoms with Crippen molar-refractivity contribution in [2.75, 3.05) is 26.4 Å². The van der Waals surface area contributed by atoms with Gasteiger partial charge in [-0.2, -0.15) is 0 Å². The molecular formula is C58H102O15. The summed E-state index contributed by atoms with van der Waals surface area (Å²) in [6.45, 7) is 2.46. The summed E-state index contributed by atoms with van der Waals surface area (Å²) in [5.74, 6) is -0.945. The molecule has 15 heteroatoms. The van der Waals surface area contributed by atoms with Gasteiger partial charge in [0.2, 0.25) is 0 Å². The van der Waals surface area contributed by atoms with E-state index in [1.165, 1.54) is 116 Å². The van der Waals surface area contributed by atoms with Gasteiger partial charge in [-0.1, -0.05) is 217 Å². The Morgan fingerprint density at radius 3 is 1.36 bits per heavy atom. The van der Waals surface area contributed by atoms with Crippen LogP contribution in [0.25, 0.3) is 0 Å². The van der Waals surface area contributed by atoms with Gasteiger partial charge in [0.1, 0.15) is 55.4 Å². The molecule has 11 atom stereocenters. The zero-order valence-electron chi connectivity index (χ0n) is 45.1. The molecule has 0 aromatic carbocycles. The minimum Gasteiger partial charge on any atom is -0.462 e. The number of rotatable bonds is 45. The lowest BCUT2D eigenvalue weighted by Crippen LogP contribution is -2.61. The normalized spacial score (nSPS) is 25.2. The first-order valence-electron chi connectivity index (χ1n) is 28.8. The molecule has 0 aromatic heterocycles. The zero-order valence-corrected chi connectivity index (χ0v) is 45.1. The summed E-state index contributed by atoms with van der Waals surface area (Å²) in [5.41, 5.74) is 0.